The average molecular weight is 349 g/mol. The minimum Gasteiger partial charge on any atom is -0.460 e. The zero-order valence-corrected chi connectivity index (χ0v) is 16.4. The minimum atomic E-state index is -0.507. The Bertz CT molecular complexity index is 579. The number of carbonyl (C=O) groups excluding carboxylic acids is 2. The van der Waals surface area contributed by atoms with Gasteiger partial charge in [-0.25, -0.2) is 4.79 Å². The van der Waals surface area contributed by atoms with Crippen molar-refractivity contribution >= 4 is 12.1 Å². The third-order valence-electron chi connectivity index (χ3n) is 3.10. The van der Waals surface area contributed by atoms with Crippen LogP contribution in [0.25, 0.3) is 0 Å². The summed E-state index contributed by atoms with van der Waals surface area (Å²) in [6.07, 6.45) is 0.524. The van der Waals surface area contributed by atoms with E-state index in [4.69, 9.17) is 9.47 Å². The molecule has 0 aliphatic carbocycles. The van der Waals surface area contributed by atoms with Gasteiger partial charge < -0.3 is 14.8 Å². The Kier molecular flexibility index (Phi) is 7.03. The van der Waals surface area contributed by atoms with Crippen LogP contribution >= 0.6 is 0 Å². The summed E-state index contributed by atoms with van der Waals surface area (Å²) in [6.45, 7) is 13.0. The molecule has 0 saturated heterocycles. The normalized spacial score (nSPS) is 13.1. The number of ether oxygens (including phenoxy) is 2. The monoisotopic (exact) mass is 349 g/mol. The molecule has 1 amide bonds. The van der Waals surface area contributed by atoms with Crippen LogP contribution in [-0.2, 0) is 27.1 Å². The second kappa shape index (κ2) is 8.37. The molecule has 0 saturated carbocycles. The smallest absolute Gasteiger partial charge is 0.407 e. The van der Waals surface area contributed by atoms with E-state index in [0.717, 1.165) is 11.1 Å². The van der Waals surface area contributed by atoms with Gasteiger partial charge in [0.05, 0.1) is 6.42 Å². The SMILES string of the molecule is CC(Cc1ccc(CC(=O)OC(C)(C)C)cc1)NC(=O)OC(C)(C)C. The number of nitrogens with one attached hydrogen (secondary N) is 1. The van der Waals surface area contributed by atoms with Crippen molar-refractivity contribution < 1.29 is 19.1 Å². The summed E-state index contributed by atoms with van der Waals surface area (Å²) >= 11 is 0. The van der Waals surface area contributed by atoms with Crippen LogP contribution in [-0.4, -0.2) is 29.3 Å². The molecule has 0 fully saturated rings. The van der Waals surface area contributed by atoms with Crippen molar-refractivity contribution in [2.24, 2.45) is 0 Å². The molecule has 140 valence electrons. The molecular weight excluding hydrogens is 318 g/mol. The summed E-state index contributed by atoms with van der Waals surface area (Å²) in [4.78, 5) is 23.6. The Labute approximate surface area is 151 Å². The molecule has 0 aliphatic heterocycles. The van der Waals surface area contributed by atoms with Crippen molar-refractivity contribution in [3.8, 4) is 0 Å². The molecule has 1 rings (SSSR count). The van der Waals surface area contributed by atoms with E-state index in [-0.39, 0.29) is 18.4 Å². The molecule has 0 bridgehead atoms. The van der Waals surface area contributed by atoms with Gasteiger partial charge in [0, 0.05) is 6.04 Å². The zero-order chi connectivity index (χ0) is 19.3. The number of alkyl carbamates (subject to hydrolysis) is 1. The molecule has 1 N–H and O–H groups in total. The first-order chi connectivity index (χ1) is 11.3. The van der Waals surface area contributed by atoms with Crippen molar-refractivity contribution in [1.82, 2.24) is 5.32 Å². The van der Waals surface area contributed by atoms with Gasteiger partial charge >= 0.3 is 12.1 Å². The predicted molar refractivity (Wildman–Crippen MR) is 98.5 cm³/mol. The molecule has 5 heteroatoms. The van der Waals surface area contributed by atoms with Crippen molar-refractivity contribution in [3.63, 3.8) is 0 Å². The highest BCUT2D eigenvalue weighted by Crippen LogP contribution is 2.12. The van der Waals surface area contributed by atoms with Gasteiger partial charge in [-0.2, -0.15) is 0 Å². The van der Waals surface area contributed by atoms with Gasteiger partial charge in [0.15, 0.2) is 0 Å². The summed E-state index contributed by atoms with van der Waals surface area (Å²) in [6, 6.07) is 7.71. The first-order valence-electron chi connectivity index (χ1n) is 8.63. The number of hydrogen-bond acceptors (Lipinski definition) is 4. The number of carbonyl (C=O) groups is 2. The van der Waals surface area contributed by atoms with E-state index in [1.54, 1.807) is 0 Å². The number of esters is 1. The standard InChI is InChI=1S/C20H31NO4/c1-14(21-18(23)25-20(5,6)7)12-15-8-10-16(11-9-15)13-17(22)24-19(2,3)4/h8-11,14H,12-13H2,1-7H3,(H,21,23). The van der Waals surface area contributed by atoms with Crippen molar-refractivity contribution in [3.05, 3.63) is 35.4 Å². The second-order valence-corrected chi connectivity index (χ2v) is 8.33. The third-order valence-corrected chi connectivity index (χ3v) is 3.10. The van der Waals surface area contributed by atoms with Gasteiger partial charge in [-0.05, 0) is 66.0 Å². The maximum absolute atomic E-state index is 11.8. The van der Waals surface area contributed by atoms with E-state index >= 15 is 0 Å². The lowest BCUT2D eigenvalue weighted by Gasteiger charge is -2.22. The highest BCUT2D eigenvalue weighted by Gasteiger charge is 2.18. The summed E-state index contributed by atoms with van der Waals surface area (Å²) in [7, 11) is 0. The van der Waals surface area contributed by atoms with Crippen LogP contribution in [0.5, 0.6) is 0 Å². The first kappa shape index (κ1) is 21.0. The lowest BCUT2D eigenvalue weighted by Crippen LogP contribution is -2.38. The van der Waals surface area contributed by atoms with Crippen molar-refractivity contribution in [1.29, 1.82) is 0 Å². The van der Waals surface area contributed by atoms with E-state index in [1.165, 1.54) is 0 Å². The van der Waals surface area contributed by atoms with Gasteiger partial charge in [-0.3, -0.25) is 4.79 Å². The molecule has 0 aliphatic rings. The zero-order valence-electron chi connectivity index (χ0n) is 16.4. The molecule has 5 nitrogen and oxygen atoms in total. The van der Waals surface area contributed by atoms with Gasteiger partial charge in [-0.1, -0.05) is 24.3 Å². The largest absolute Gasteiger partial charge is 0.460 e. The minimum absolute atomic E-state index is 0.0495. The number of hydrogen-bond donors (Lipinski definition) is 1. The predicted octanol–water partition coefficient (Wildman–Crippen LogP) is 4.03. The van der Waals surface area contributed by atoms with E-state index in [1.807, 2.05) is 72.7 Å². The highest BCUT2D eigenvalue weighted by atomic mass is 16.6. The fraction of sp³-hybridized carbons (Fsp3) is 0.600. The van der Waals surface area contributed by atoms with Crippen LogP contribution in [0.15, 0.2) is 24.3 Å². The van der Waals surface area contributed by atoms with Crippen molar-refractivity contribution in [2.45, 2.75) is 78.6 Å². The molecule has 0 aromatic heterocycles. The first-order valence-corrected chi connectivity index (χ1v) is 8.63. The molecule has 1 aromatic carbocycles. The van der Waals surface area contributed by atoms with E-state index in [2.05, 4.69) is 5.32 Å². The Morgan fingerprint density at radius 3 is 1.88 bits per heavy atom. The molecule has 1 aromatic rings. The quantitative estimate of drug-likeness (QED) is 0.815. The summed E-state index contributed by atoms with van der Waals surface area (Å²) in [5, 5.41) is 2.82. The number of rotatable bonds is 5. The topological polar surface area (TPSA) is 64.6 Å². The van der Waals surface area contributed by atoms with Gasteiger partial charge in [0.2, 0.25) is 0 Å². The maximum atomic E-state index is 11.8. The van der Waals surface area contributed by atoms with Gasteiger partial charge in [0.1, 0.15) is 11.2 Å². The lowest BCUT2D eigenvalue weighted by molar-refractivity contribution is -0.153. The van der Waals surface area contributed by atoms with E-state index in [0.29, 0.717) is 6.42 Å². The lowest BCUT2D eigenvalue weighted by atomic mass is 10.0. The van der Waals surface area contributed by atoms with Crippen molar-refractivity contribution in [2.75, 3.05) is 0 Å². The molecule has 1 unspecified atom stereocenters. The number of benzene rings is 1. The molecule has 25 heavy (non-hydrogen) atoms. The summed E-state index contributed by atoms with van der Waals surface area (Å²) < 4.78 is 10.6. The van der Waals surface area contributed by atoms with Crippen LogP contribution in [0.4, 0.5) is 4.79 Å². The highest BCUT2D eigenvalue weighted by molar-refractivity contribution is 5.73. The number of amides is 1. The van der Waals surface area contributed by atoms with Crippen LogP contribution in [0.1, 0.15) is 59.6 Å². The second-order valence-electron chi connectivity index (χ2n) is 8.33. The Balaban J connectivity index is 2.51. The average Bonchev–Trinajstić information content (AvgIpc) is 2.36. The molecule has 0 spiro atoms. The Morgan fingerprint density at radius 1 is 0.920 bits per heavy atom. The van der Waals surface area contributed by atoms with Crippen LogP contribution in [0, 0.1) is 0 Å². The van der Waals surface area contributed by atoms with Crippen LogP contribution < -0.4 is 5.32 Å². The Morgan fingerprint density at radius 2 is 1.40 bits per heavy atom. The van der Waals surface area contributed by atoms with Gasteiger partial charge in [-0.15, -0.1) is 0 Å². The van der Waals surface area contributed by atoms with E-state index < -0.39 is 17.3 Å². The fourth-order valence-corrected chi connectivity index (χ4v) is 2.25. The molecular formula is C20H31NO4. The van der Waals surface area contributed by atoms with Gasteiger partial charge in [0.25, 0.3) is 0 Å². The Hall–Kier alpha value is -2.04. The van der Waals surface area contributed by atoms with Crippen LogP contribution in [0.3, 0.4) is 0 Å². The van der Waals surface area contributed by atoms with E-state index in [9.17, 15) is 9.59 Å². The maximum Gasteiger partial charge on any atom is 0.407 e. The van der Waals surface area contributed by atoms with Crippen LogP contribution in [0.2, 0.25) is 0 Å². The molecule has 1 atom stereocenters. The molecule has 0 radical (unpaired) electrons. The molecule has 0 heterocycles. The third kappa shape index (κ3) is 9.75. The summed E-state index contributed by atoms with van der Waals surface area (Å²) in [5.41, 5.74) is 1.01. The fourth-order valence-electron chi connectivity index (χ4n) is 2.25. The summed E-state index contributed by atoms with van der Waals surface area (Å²) in [5.74, 6) is -0.236.